The standard InChI is InChI=1S/C13H19NO/c1-10(2)12-5-3-4-11(6-12)7-14-13-8-15-9-13/h3-6,10,13-14H,7-9H2,1-2H3. The summed E-state index contributed by atoms with van der Waals surface area (Å²) in [6, 6.07) is 9.37. The minimum atomic E-state index is 0.563. The van der Waals surface area contributed by atoms with Crippen LogP contribution in [0.4, 0.5) is 0 Å². The highest BCUT2D eigenvalue weighted by molar-refractivity contribution is 5.25. The van der Waals surface area contributed by atoms with Crippen LogP contribution in [0.2, 0.25) is 0 Å². The molecule has 0 saturated carbocycles. The Hall–Kier alpha value is -0.860. The largest absolute Gasteiger partial charge is 0.378 e. The number of benzene rings is 1. The van der Waals surface area contributed by atoms with Crippen LogP contribution in [0.15, 0.2) is 24.3 Å². The maximum atomic E-state index is 5.12. The van der Waals surface area contributed by atoms with E-state index >= 15 is 0 Å². The van der Waals surface area contributed by atoms with Gasteiger partial charge in [0.1, 0.15) is 0 Å². The van der Waals surface area contributed by atoms with Crippen molar-refractivity contribution in [3.63, 3.8) is 0 Å². The van der Waals surface area contributed by atoms with Gasteiger partial charge in [-0.1, -0.05) is 38.1 Å². The molecule has 1 heterocycles. The summed E-state index contributed by atoms with van der Waals surface area (Å²) in [7, 11) is 0. The lowest BCUT2D eigenvalue weighted by Gasteiger charge is -2.27. The lowest BCUT2D eigenvalue weighted by atomic mass is 10.0. The van der Waals surface area contributed by atoms with Gasteiger partial charge >= 0.3 is 0 Å². The Morgan fingerprint density at radius 1 is 1.40 bits per heavy atom. The van der Waals surface area contributed by atoms with Crippen molar-refractivity contribution in [1.29, 1.82) is 0 Å². The van der Waals surface area contributed by atoms with Crippen LogP contribution in [0.1, 0.15) is 30.9 Å². The molecule has 1 aromatic carbocycles. The topological polar surface area (TPSA) is 21.3 Å². The van der Waals surface area contributed by atoms with Crippen LogP contribution in [-0.4, -0.2) is 19.3 Å². The molecule has 0 bridgehead atoms. The van der Waals surface area contributed by atoms with Gasteiger partial charge in [-0.25, -0.2) is 0 Å². The van der Waals surface area contributed by atoms with Crippen molar-refractivity contribution < 1.29 is 4.74 Å². The van der Waals surface area contributed by atoms with Gasteiger partial charge in [0.15, 0.2) is 0 Å². The zero-order chi connectivity index (χ0) is 10.7. The van der Waals surface area contributed by atoms with Gasteiger partial charge in [0.25, 0.3) is 0 Å². The molecule has 0 atom stereocenters. The molecule has 1 saturated heterocycles. The van der Waals surface area contributed by atoms with Crippen molar-refractivity contribution in [1.82, 2.24) is 5.32 Å². The molecule has 2 nitrogen and oxygen atoms in total. The summed E-state index contributed by atoms with van der Waals surface area (Å²) >= 11 is 0. The minimum Gasteiger partial charge on any atom is -0.378 e. The number of hydrogen-bond donors (Lipinski definition) is 1. The van der Waals surface area contributed by atoms with Gasteiger partial charge in [-0.15, -0.1) is 0 Å². The highest BCUT2D eigenvalue weighted by Gasteiger charge is 2.16. The molecular weight excluding hydrogens is 186 g/mol. The number of hydrogen-bond acceptors (Lipinski definition) is 2. The maximum absolute atomic E-state index is 5.12. The summed E-state index contributed by atoms with van der Waals surface area (Å²) in [5.41, 5.74) is 2.78. The predicted octanol–water partition coefficient (Wildman–Crippen LogP) is 2.30. The van der Waals surface area contributed by atoms with Crippen LogP contribution < -0.4 is 5.32 Å². The molecule has 0 radical (unpaired) electrons. The third-order valence-electron chi connectivity index (χ3n) is 2.85. The Kier molecular flexibility index (Phi) is 3.39. The molecular formula is C13H19NO. The van der Waals surface area contributed by atoms with E-state index in [0.717, 1.165) is 19.8 Å². The Balaban J connectivity index is 1.92. The Bertz CT molecular complexity index is 318. The zero-order valence-electron chi connectivity index (χ0n) is 9.49. The van der Waals surface area contributed by atoms with E-state index in [4.69, 9.17) is 4.74 Å². The molecule has 1 aliphatic rings. The Morgan fingerprint density at radius 3 is 2.80 bits per heavy atom. The summed E-state index contributed by atoms with van der Waals surface area (Å²) in [5, 5.41) is 3.48. The molecule has 0 amide bonds. The first kappa shape index (κ1) is 10.7. The maximum Gasteiger partial charge on any atom is 0.0643 e. The fourth-order valence-electron chi connectivity index (χ4n) is 1.68. The second-order valence-corrected chi connectivity index (χ2v) is 4.52. The predicted molar refractivity (Wildman–Crippen MR) is 62.0 cm³/mol. The molecule has 82 valence electrons. The summed E-state index contributed by atoms with van der Waals surface area (Å²) in [5.74, 6) is 0.608. The van der Waals surface area contributed by atoms with Crippen LogP contribution >= 0.6 is 0 Å². The van der Waals surface area contributed by atoms with Crippen molar-refractivity contribution in [2.24, 2.45) is 0 Å². The highest BCUT2D eigenvalue weighted by atomic mass is 16.5. The smallest absolute Gasteiger partial charge is 0.0643 e. The molecule has 1 aliphatic heterocycles. The van der Waals surface area contributed by atoms with E-state index < -0.39 is 0 Å². The monoisotopic (exact) mass is 205 g/mol. The van der Waals surface area contributed by atoms with Crippen molar-refractivity contribution >= 4 is 0 Å². The van der Waals surface area contributed by atoms with Gasteiger partial charge in [0.2, 0.25) is 0 Å². The lowest BCUT2D eigenvalue weighted by Crippen LogP contribution is -2.45. The Labute approximate surface area is 91.6 Å². The Morgan fingerprint density at radius 2 is 2.20 bits per heavy atom. The van der Waals surface area contributed by atoms with Gasteiger partial charge in [0.05, 0.1) is 19.3 Å². The normalized spacial score (nSPS) is 16.7. The van der Waals surface area contributed by atoms with Gasteiger partial charge in [0, 0.05) is 6.54 Å². The van der Waals surface area contributed by atoms with Gasteiger partial charge in [-0.05, 0) is 17.0 Å². The van der Waals surface area contributed by atoms with Gasteiger partial charge in [-0.3, -0.25) is 0 Å². The van der Waals surface area contributed by atoms with Gasteiger partial charge in [-0.2, -0.15) is 0 Å². The molecule has 0 aliphatic carbocycles. The van der Waals surface area contributed by atoms with E-state index in [9.17, 15) is 0 Å². The lowest BCUT2D eigenvalue weighted by molar-refractivity contribution is -0.00578. The van der Waals surface area contributed by atoms with E-state index in [2.05, 4.69) is 43.4 Å². The number of rotatable bonds is 4. The van der Waals surface area contributed by atoms with Crippen molar-refractivity contribution in [3.05, 3.63) is 35.4 Å². The first-order valence-electron chi connectivity index (χ1n) is 5.65. The van der Waals surface area contributed by atoms with Crippen LogP contribution in [0, 0.1) is 0 Å². The van der Waals surface area contributed by atoms with Crippen molar-refractivity contribution in [3.8, 4) is 0 Å². The zero-order valence-corrected chi connectivity index (χ0v) is 9.49. The van der Waals surface area contributed by atoms with Crippen LogP contribution in [0.3, 0.4) is 0 Å². The fourth-order valence-corrected chi connectivity index (χ4v) is 1.68. The molecule has 2 heteroatoms. The summed E-state index contributed by atoms with van der Waals surface area (Å²) in [6.07, 6.45) is 0. The second-order valence-electron chi connectivity index (χ2n) is 4.52. The van der Waals surface area contributed by atoms with E-state index in [0.29, 0.717) is 12.0 Å². The van der Waals surface area contributed by atoms with Crippen molar-refractivity contribution in [2.45, 2.75) is 32.4 Å². The van der Waals surface area contributed by atoms with Crippen molar-refractivity contribution in [2.75, 3.05) is 13.2 Å². The second kappa shape index (κ2) is 4.77. The highest BCUT2D eigenvalue weighted by Crippen LogP contribution is 2.15. The molecule has 0 spiro atoms. The molecule has 0 aromatic heterocycles. The SMILES string of the molecule is CC(C)c1cccc(CNC2COC2)c1. The third-order valence-corrected chi connectivity index (χ3v) is 2.85. The molecule has 1 aromatic rings. The third kappa shape index (κ3) is 2.80. The molecule has 0 unspecified atom stereocenters. The summed E-state index contributed by atoms with van der Waals surface area (Å²) in [4.78, 5) is 0. The van der Waals surface area contributed by atoms with E-state index in [-0.39, 0.29) is 0 Å². The molecule has 1 N–H and O–H groups in total. The van der Waals surface area contributed by atoms with Gasteiger partial charge < -0.3 is 10.1 Å². The first-order valence-corrected chi connectivity index (χ1v) is 5.65. The molecule has 2 rings (SSSR count). The summed E-state index contributed by atoms with van der Waals surface area (Å²) < 4.78 is 5.12. The molecule has 15 heavy (non-hydrogen) atoms. The van der Waals surface area contributed by atoms with E-state index in [1.165, 1.54) is 11.1 Å². The first-order chi connectivity index (χ1) is 7.25. The average molecular weight is 205 g/mol. The quantitative estimate of drug-likeness (QED) is 0.814. The average Bonchev–Trinajstić information content (AvgIpc) is 2.16. The number of nitrogens with one attached hydrogen (secondary N) is 1. The van der Waals surface area contributed by atoms with Crippen LogP contribution in [-0.2, 0) is 11.3 Å². The summed E-state index contributed by atoms with van der Waals surface area (Å²) in [6.45, 7) is 7.14. The van der Waals surface area contributed by atoms with E-state index in [1.54, 1.807) is 0 Å². The number of ether oxygens (including phenoxy) is 1. The fraction of sp³-hybridized carbons (Fsp3) is 0.538. The molecule has 1 fully saturated rings. The van der Waals surface area contributed by atoms with E-state index in [1.807, 2.05) is 0 Å². The van der Waals surface area contributed by atoms with Crippen LogP contribution in [0.25, 0.3) is 0 Å². The minimum absolute atomic E-state index is 0.563. The van der Waals surface area contributed by atoms with Crippen LogP contribution in [0.5, 0.6) is 0 Å².